The van der Waals surface area contributed by atoms with Gasteiger partial charge < -0.3 is 10.0 Å². The standard InChI is InChI=1S/C26H26Cl2N4O6S/c1-39(36,37)30-13-18(14-33)32-24(21-10-9-16(27)12-22(21)28)23(19-7-2-3-8-20(19)26(32)35)25(34)31-38-15-17-6-4-5-11-29-17/h2-12,18,23-24,30,33H,13-15H2,1H3,(H,31,34)/p+1/t18-,23?,24?/m1/s1. The third kappa shape index (κ3) is 6.82. The Morgan fingerprint density at radius 3 is 2.56 bits per heavy atom. The lowest BCUT2D eigenvalue weighted by Crippen LogP contribution is -2.88. The lowest BCUT2D eigenvalue weighted by atomic mass is 9.78. The predicted octanol–water partition coefficient (Wildman–Crippen LogP) is 1.80. The number of fused-ring (bicyclic) bond motifs is 1. The van der Waals surface area contributed by atoms with Gasteiger partial charge in [-0.15, -0.1) is 5.48 Å². The number of aromatic nitrogens is 1. The van der Waals surface area contributed by atoms with Gasteiger partial charge in [-0.1, -0.05) is 53.5 Å². The smallest absolute Gasteiger partial charge is 0.352 e. The van der Waals surface area contributed by atoms with E-state index in [2.05, 4.69) is 9.71 Å². The first-order chi connectivity index (χ1) is 18.6. The number of halogens is 2. The summed E-state index contributed by atoms with van der Waals surface area (Å²) in [4.78, 5) is 38.8. The predicted molar refractivity (Wildman–Crippen MR) is 144 cm³/mol. The number of sulfonamides is 1. The summed E-state index contributed by atoms with van der Waals surface area (Å²) in [5.74, 6) is -1.94. The molecule has 13 heteroatoms. The molecule has 1 aliphatic rings. The van der Waals surface area contributed by atoms with E-state index in [0.717, 1.165) is 11.7 Å². The van der Waals surface area contributed by atoms with E-state index in [1.165, 1.54) is 11.0 Å². The molecule has 2 amide bonds. The van der Waals surface area contributed by atoms with Gasteiger partial charge in [0.2, 0.25) is 10.0 Å². The highest BCUT2D eigenvalue weighted by Gasteiger charge is 2.49. The van der Waals surface area contributed by atoms with Crippen LogP contribution in [-0.4, -0.2) is 60.7 Å². The zero-order chi connectivity index (χ0) is 28.2. The van der Waals surface area contributed by atoms with Gasteiger partial charge in [-0.05, 0) is 41.5 Å². The number of hydroxylamine groups is 1. The van der Waals surface area contributed by atoms with Gasteiger partial charge in [-0.25, -0.2) is 17.9 Å². The summed E-state index contributed by atoms with van der Waals surface area (Å²) in [7, 11) is -3.65. The number of nitrogens with one attached hydrogen (secondary N) is 1. The van der Waals surface area contributed by atoms with Gasteiger partial charge in [0.15, 0.2) is 0 Å². The Bertz CT molecular complexity index is 1460. The molecule has 4 N–H and O–H groups in total. The van der Waals surface area contributed by atoms with Crippen LogP contribution < -0.4 is 10.2 Å². The number of rotatable bonds is 10. The van der Waals surface area contributed by atoms with Crippen LogP contribution in [0, 0.1) is 0 Å². The molecule has 206 valence electrons. The Morgan fingerprint density at radius 2 is 1.90 bits per heavy atom. The highest BCUT2D eigenvalue weighted by Crippen LogP contribution is 2.45. The fourth-order valence-electron chi connectivity index (χ4n) is 4.60. The Labute approximate surface area is 235 Å². The maximum absolute atomic E-state index is 13.9. The molecule has 0 saturated carbocycles. The maximum Gasteiger partial charge on any atom is 0.352 e. The van der Waals surface area contributed by atoms with Crippen LogP contribution in [0.5, 0.6) is 0 Å². The molecular weight excluding hydrogens is 567 g/mol. The molecule has 0 radical (unpaired) electrons. The number of quaternary nitrogens is 1. The van der Waals surface area contributed by atoms with Crippen LogP contribution in [0.15, 0.2) is 66.9 Å². The molecule has 0 spiro atoms. The minimum atomic E-state index is -3.65. The Kier molecular flexibility index (Phi) is 9.34. The second kappa shape index (κ2) is 12.5. The average Bonchev–Trinajstić information content (AvgIpc) is 2.90. The Morgan fingerprint density at radius 1 is 1.15 bits per heavy atom. The number of carbonyl (C=O) groups is 2. The zero-order valence-corrected chi connectivity index (χ0v) is 23.2. The highest BCUT2D eigenvalue weighted by atomic mass is 35.5. The number of pyridine rings is 1. The van der Waals surface area contributed by atoms with Gasteiger partial charge in [-0.2, -0.15) is 4.84 Å². The van der Waals surface area contributed by atoms with Crippen molar-refractivity contribution in [1.82, 2.24) is 14.6 Å². The number of nitrogens with two attached hydrogens (primary N) is 1. The zero-order valence-electron chi connectivity index (χ0n) is 20.8. The molecule has 3 aromatic rings. The first kappa shape index (κ1) is 29.1. The molecular formula is C26H27Cl2N4O6S+. The van der Waals surface area contributed by atoms with Crippen LogP contribution in [0.3, 0.4) is 0 Å². The maximum atomic E-state index is 13.9. The molecule has 0 saturated heterocycles. The van der Waals surface area contributed by atoms with Gasteiger partial charge in [0.1, 0.15) is 12.5 Å². The van der Waals surface area contributed by atoms with Gasteiger partial charge >= 0.3 is 5.91 Å². The van der Waals surface area contributed by atoms with Crippen LogP contribution in [-0.2, 0) is 26.3 Å². The van der Waals surface area contributed by atoms with Gasteiger partial charge in [-0.3, -0.25) is 9.78 Å². The molecule has 10 nitrogen and oxygen atoms in total. The van der Waals surface area contributed by atoms with E-state index in [9.17, 15) is 23.1 Å². The largest absolute Gasteiger partial charge is 0.394 e. The number of nitrogens with zero attached hydrogens (tertiary/aromatic N) is 2. The number of hydrogen-bond donors (Lipinski definition) is 3. The van der Waals surface area contributed by atoms with E-state index in [1.54, 1.807) is 60.8 Å². The molecule has 1 aromatic heterocycles. The number of hydrogen-bond acceptors (Lipinski definition) is 7. The monoisotopic (exact) mass is 593 g/mol. The van der Waals surface area contributed by atoms with Crippen LogP contribution >= 0.6 is 23.2 Å². The molecule has 0 fully saturated rings. The van der Waals surface area contributed by atoms with E-state index in [0.29, 0.717) is 21.8 Å². The normalized spacial score (nSPS) is 18.1. The van der Waals surface area contributed by atoms with Crippen molar-refractivity contribution in [3.63, 3.8) is 0 Å². The van der Waals surface area contributed by atoms with Crippen molar-refractivity contribution in [3.8, 4) is 0 Å². The lowest BCUT2D eigenvalue weighted by Gasteiger charge is -2.44. The molecule has 2 unspecified atom stereocenters. The molecule has 39 heavy (non-hydrogen) atoms. The first-order valence-electron chi connectivity index (χ1n) is 11.9. The first-order valence-corrected chi connectivity index (χ1v) is 14.6. The van der Waals surface area contributed by atoms with E-state index < -0.39 is 46.4 Å². The fraction of sp³-hybridized carbons (Fsp3) is 0.269. The fourth-order valence-corrected chi connectivity index (χ4v) is 5.61. The van der Waals surface area contributed by atoms with E-state index in [-0.39, 0.29) is 23.7 Å². The molecule has 4 rings (SSSR count). The van der Waals surface area contributed by atoms with Crippen molar-refractivity contribution >= 4 is 45.0 Å². The lowest BCUT2D eigenvalue weighted by molar-refractivity contribution is -0.832. The summed E-state index contributed by atoms with van der Waals surface area (Å²) in [6.45, 7) is -0.821. The molecule has 2 aromatic carbocycles. The van der Waals surface area contributed by atoms with Crippen LogP contribution in [0.4, 0.5) is 0 Å². The minimum absolute atomic E-state index is 0.0491. The Balaban J connectivity index is 1.79. The van der Waals surface area contributed by atoms with E-state index in [1.807, 2.05) is 0 Å². The van der Waals surface area contributed by atoms with Gasteiger partial charge in [0, 0.05) is 28.4 Å². The molecule has 2 heterocycles. The SMILES string of the molecule is CS(=O)(=O)NC[C@H](CO)N1C(=O)c2ccccc2C(C(=O)[NH2+]OCc2ccccn2)C1c1ccc(Cl)cc1Cl. The quantitative estimate of drug-likeness (QED) is 0.304. The van der Waals surface area contributed by atoms with Crippen molar-refractivity contribution in [2.75, 3.05) is 19.4 Å². The summed E-state index contributed by atoms with van der Waals surface area (Å²) in [6, 6.07) is 14.6. The van der Waals surface area contributed by atoms with Gasteiger partial charge in [0.25, 0.3) is 5.91 Å². The molecule has 1 aliphatic heterocycles. The minimum Gasteiger partial charge on any atom is -0.394 e. The van der Waals surface area contributed by atoms with Crippen LogP contribution in [0.2, 0.25) is 10.0 Å². The summed E-state index contributed by atoms with van der Waals surface area (Å²) in [5.41, 5.74) is 2.80. The van der Waals surface area contributed by atoms with Crippen molar-refractivity contribution < 1.29 is 33.4 Å². The third-order valence-corrected chi connectivity index (χ3v) is 7.56. The Hall–Kier alpha value is -2.90. The second-order valence-corrected chi connectivity index (χ2v) is 11.7. The highest BCUT2D eigenvalue weighted by molar-refractivity contribution is 7.88. The number of aliphatic hydroxyl groups excluding tert-OH is 1. The van der Waals surface area contributed by atoms with Crippen LogP contribution in [0.1, 0.15) is 39.1 Å². The number of carbonyl (C=O) groups excluding carboxylic acids is 2. The van der Waals surface area contributed by atoms with Crippen LogP contribution in [0.25, 0.3) is 0 Å². The molecule has 0 aliphatic carbocycles. The number of amides is 2. The van der Waals surface area contributed by atoms with E-state index >= 15 is 0 Å². The number of primary amides is 1. The third-order valence-electron chi connectivity index (χ3n) is 6.31. The summed E-state index contributed by atoms with van der Waals surface area (Å²) < 4.78 is 26.1. The summed E-state index contributed by atoms with van der Waals surface area (Å²) in [6.07, 6.45) is 2.59. The molecule has 0 bridgehead atoms. The second-order valence-electron chi connectivity index (χ2n) is 9.00. The average molecular weight is 594 g/mol. The van der Waals surface area contributed by atoms with Gasteiger partial charge in [0.05, 0.1) is 30.6 Å². The van der Waals surface area contributed by atoms with E-state index in [4.69, 9.17) is 28.0 Å². The number of aliphatic hydroxyl groups is 1. The van der Waals surface area contributed by atoms with Crippen molar-refractivity contribution in [3.05, 3.63) is 99.3 Å². The topological polar surface area (TPSA) is 143 Å². The van der Waals surface area contributed by atoms with Crippen molar-refractivity contribution in [2.24, 2.45) is 0 Å². The van der Waals surface area contributed by atoms with Crippen molar-refractivity contribution in [2.45, 2.75) is 24.6 Å². The summed E-state index contributed by atoms with van der Waals surface area (Å²) in [5, 5.41) is 10.9. The van der Waals surface area contributed by atoms with Crippen molar-refractivity contribution in [1.29, 1.82) is 0 Å². The summed E-state index contributed by atoms with van der Waals surface area (Å²) >= 11 is 12.7. The molecule has 3 atom stereocenters. The number of benzene rings is 2.